The van der Waals surface area contributed by atoms with Crippen molar-refractivity contribution in [3.05, 3.63) is 27.1 Å². The zero-order chi connectivity index (χ0) is 12.4. The Morgan fingerprint density at radius 2 is 2.28 bits per heavy atom. The Labute approximate surface area is 114 Å². The highest BCUT2D eigenvalue weighted by Crippen LogP contribution is 2.25. The van der Waals surface area contributed by atoms with Crippen LogP contribution < -0.4 is 5.73 Å². The molecule has 0 aromatic carbocycles. The normalized spacial score (nSPS) is 19.2. The number of likely N-dealkylation sites (tertiary alicyclic amines) is 1. The summed E-state index contributed by atoms with van der Waals surface area (Å²) in [6.45, 7) is 1.21. The zero-order valence-corrected chi connectivity index (χ0v) is 11.2. The maximum atomic E-state index is 12.0. The Kier molecular flexibility index (Phi) is 5.06. The molecule has 0 spiro atoms. The molecule has 1 aliphatic heterocycles. The summed E-state index contributed by atoms with van der Waals surface area (Å²) in [5.41, 5.74) is 5.80. The highest BCUT2D eigenvalue weighted by atomic mass is 35.5. The molecule has 1 fully saturated rings. The number of amides is 1. The number of piperidine rings is 1. The van der Waals surface area contributed by atoms with Gasteiger partial charge in [0, 0.05) is 25.2 Å². The fraction of sp³-hybridized carbons (Fsp3) is 0.500. The van der Waals surface area contributed by atoms with Crippen LogP contribution in [-0.2, 0) is 0 Å². The van der Waals surface area contributed by atoms with Gasteiger partial charge < -0.3 is 10.6 Å². The molecule has 0 radical (unpaired) electrons. The Morgan fingerprint density at radius 3 is 2.83 bits per heavy atom. The topological polar surface area (TPSA) is 89.5 Å². The average molecular weight is 292 g/mol. The molecule has 1 aromatic heterocycles. The third-order valence-electron chi connectivity index (χ3n) is 2.73. The third kappa shape index (κ3) is 3.18. The number of rotatable bonds is 2. The van der Waals surface area contributed by atoms with E-state index in [2.05, 4.69) is 0 Å². The lowest BCUT2D eigenvalue weighted by atomic mass is 10.1. The minimum atomic E-state index is -0.483. The summed E-state index contributed by atoms with van der Waals surface area (Å²) in [4.78, 5) is 24.2. The van der Waals surface area contributed by atoms with Crippen molar-refractivity contribution in [1.29, 1.82) is 0 Å². The van der Waals surface area contributed by atoms with Crippen molar-refractivity contribution in [1.82, 2.24) is 4.90 Å². The van der Waals surface area contributed by atoms with Crippen molar-refractivity contribution in [2.45, 2.75) is 18.9 Å². The second-order valence-electron chi connectivity index (χ2n) is 4.05. The van der Waals surface area contributed by atoms with Crippen molar-refractivity contribution < 1.29 is 9.72 Å². The Morgan fingerprint density at radius 1 is 1.56 bits per heavy atom. The molecule has 0 aliphatic carbocycles. The molecule has 18 heavy (non-hydrogen) atoms. The fourth-order valence-electron chi connectivity index (χ4n) is 1.89. The first-order valence-electron chi connectivity index (χ1n) is 5.37. The average Bonchev–Trinajstić information content (AvgIpc) is 2.77. The van der Waals surface area contributed by atoms with Crippen LogP contribution in [0.15, 0.2) is 12.1 Å². The summed E-state index contributed by atoms with van der Waals surface area (Å²) in [7, 11) is 0. The number of nitrogens with zero attached hydrogens (tertiary/aromatic N) is 2. The van der Waals surface area contributed by atoms with E-state index in [1.54, 1.807) is 4.90 Å². The van der Waals surface area contributed by atoms with Gasteiger partial charge in [-0.1, -0.05) is 11.3 Å². The van der Waals surface area contributed by atoms with Crippen LogP contribution in [0.5, 0.6) is 0 Å². The molecule has 0 saturated carbocycles. The molecule has 1 atom stereocenters. The van der Waals surface area contributed by atoms with Gasteiger partial charge in [-0.15, -0.1) is 12.4 Å². The van der Waals surface area contributed by atoms with Crippen molar-refractivity contribution in [3.8, 4) is 0 Å². The lowest BCUT2D eigenvalue weighted by molar-refractivity contribution is -0.380. The monoisotopic (exact) mass is 291 g/mol. The molecular formula is C10H14ClN3O3S. The lowest BCUT2D eigenvalue weighted by Crippen LogP contribution is -2.45. The van der Waals surface area contributed by atoms with Crippen LogP contribution in [0.4, 0.5) is 5.00 Å². The second-order valence-corrected chi connectivity index (χ2v) is 5.11. The number of halogens is 1. The van der Waals surface area contributed by atoms with Crippen molar-refractivity contribution in [2.75, 3.05) is 13.1 Å². The maximum Gasteiger partial charge on any atom is 0.324 e. The number of hydrogen-bond acceptors (Lipinski definition) is 5. The third-order valence-corrected chi connectivity index (χ3v) is 3.75. The van der Waals surface area contributed by atoms with Gasteiger partial charge in [-0.25, -0.2) is 0 Å². The lowest BCUT2D eigenvalue weighted by Gasteiger charge is -2.30. The minimum Gasteiger partial charge on any atom is -0.336 e. The molecule has 1 saturated heterocycles. The van der Waals surface area contributed by atoms with E-state index < -0.39 is 4.92 Å². The van der Waals surface area contributed by atoms with Gasteiger partial charge >= 0.3 is 5.00 Å². The molecular weight excluding hydrogens is 278 g/mol. The molecule has 0 bridgehead atoms. The summed E-state index contributed by atoms with van der Waals surface area (Å²) < 4.78 is 0. The number of carbonyl (C=O) groups is 1. The van der Waals surface area contributed by atoms with Crippen LogP contribution in [0.1, 0.15) is 22.5 Å². The van der Waals surface area contributed by atoms with Crippen LogP contribution in [0.2, 0.25) is 0 Å². The Hall–Kier alpha value is -1.18. The summed E-state index contributed by atoms with van der Waals surface area (Å²) >= 11 is 0.913. The van der Waals surface area contributed by atoms with Crippen LogP contribution >= 0.6 is 23.7 Å². The van der Waals surface area contributed by atoms with Crippen LogP contribution in [0, 0.1) is 10.1 Å². The number of thiophene rings is 1. The SMILES string of the molecule is Cl.NC1CCCN(C(=O)c2ccc([N+](=O)[O-])s2)C1. The Balaban J connectivity index is 0.00000162. The smallest absolute Gasteiger partial charge is 0.324 e. The van der Waals surface area contributed by atoms with E-state index in [-0.39, 0.29) is 29.4 Å². The molecule has 1 amide bonds. The summed E-state index contributed by atoms with van der Waals surface area (Å²) in [6.07, 6.45) is 1.81. The number of hydrogen-bond donors (Lipinski definition) is 1. The van der Waals surface area contributed by atoms with E-state index in [0.717, 1.165) is 24.2 Å². The standard InChI is InChI=1S/C10H13N3O3S.ClH/c11-7-2-1-5-12(6-7)10(14)8-3-4-9(17-8)13(15)16;/h3-4,7H,1-2,5-6,11H2;1H. The number of nitro groups is 1. The number of carbonyl (C=O) groups excluding carboxylic acids is 1. The predicted octanol–water partition coefficient (Wildman–Crippen LogP) is 1.64. The molecule has 1 aromatic rings. The van der Waals surface area contributed by atoms with Crippen LogP contribution in [0.3, 0.4) is 0 Å². The van der Waals surface area contributed by atoms with Gasteiger partial charge in [-0.2, -0.15) is 0 Å². The van der Waals surface area contributed by atoms with E-state index in [0.29, 0.717) is 18.0 Å². The van der Waals surface area contributed by atoms with Gasteiger partial charge in [0.25, 0.3) is 5.91 Å². The van der Waals surface area contributed by atoms with Gasteiger partial charge in [0.1, 0.15) is 0 Å². The van der Waals surface area contributed by atoms with Crippen LogP contribution in [-0.4, -0.2) is 34.9 Å². The Bertz CT molecular complexity index is 451. The van der Waals surface area contributed by atoms with E-state index >= 15 is 0 Å². The summed E-state index contributed by atoms with van der Waals surface area (Å²) in [6, 6.07) is 2.88. The molecule has 2 heterocycles. The first-order valence-corrected chi connectivity index (χ1v) is 6.18. The second kappa shape index (κ2) is 6.12. The highest BCUT2D eigenvalue weighted by Gasteiger charge is 2.24. The molecule has 2 rings (SSSR count). The van der Waals surface area contributed by atoms with Gasteiger partial charge in [0.2, 0.25) is 0 Å². The molecule has 100 valence electrons. The fourth-order valence-corrected chi connectivity index (χ4v) is 2.68. The molecule has 1 aliphatic rings. The van der Waals surface area contributed by atoms with E-state index in [1.165, 1.54) is 12.1 Å². The molecule has 1 unspecified atom stereocenters. The first kappa shape index (κ1) is 14.9. The highest BCUT2D eigenvalue weighted by molar-refractivity contribution is 7.17. The summed E-state index contributed by atoms with van der Waals surface area (Å²) in [5.74, 6) is -0.154. The van der Waals surface area contributed by atoms with Gasteiger partial charge in [0.15, 0.2) is 0 Å². The predicted molar refractivity (Wildman–Crippen MR) is 71.3 cm³/mol. The summed E-state index contributed by atoms with van der Waals surface area (Å²) in [5, 5.41) is 10.5. The van der Waals surface area contributed by atoms with Crippen molar-refractivity contribution >= 4 is 34.7 Å². The van der Waals surface area contributed by atoms with E-state index in [4.69, 9.17) is 5.73 Å². The van der Waals surface area contributed by atoms with Gasteiger partial charge in [-0.05, 0) is 18.9 Å². The molecule has 2 N–H and O–H groups in total. The largest absolute Gasteiger partial charge is 0.336 e. The van der Waals surface area contributed by atoms with Crippen LogP contribution in [0.25, 0.3) is 0 Å². The van der Waals surface area contributed by atoms with E-state index in [1.807, 2.05) is 0 Å². The zero-order valence-electron chi connectivity index (χ0n) is 9.57. The van der Waals surface area contributed by atoms with Gasteiger partial charge in [-0.3, -0.25) is 14.9 Å². The number of nitrogens with two attached hydrogens (primary N) is 1. The van der Waals surface area contributed by atoms with Gasteiger partial charge in [0.05, 0.1) is 9.80 Å². The van der Waals surface area contributed by atoms with Crippen molar-refractivity contribution in [2.24, 2.45) is 5.73 Å². The molecule has 8 heteroatoms. The first-order chi connectivity index (χ1) is 8.08. The quantitative estimate of drug-likeness (QED) is 0.662. The maximum absolute atomic E-state index is 12.0. The molecule has 6 nitrogen and oxygen atoms in total. The van der Waals surface area contributed by atoms with Crippen molar-refractivity contribution in [3.63, 3.8) is 0 Å². The van der Waals surface area contributed by atoms with E-state index in [9.17, 15) is 14.9 Å². The minimum absolute atomic E-state index is 0.